The van der Waals surface area contributed by atoms with Gasteiger partial charge >= 0.3 is 5.63 Å². The van der Waals surface area contributed by atoms with Crippen molar-refractivity contribution in [1.29, 1.82) is 0 Å². The number of amides is 1. The summed E-state index contributed by atoms with van der Waals surface area (Å²) in [4.78, 5) is 25.3. The minimum atomic E-state index is -0.404. The molecule has 1 aromatic carbocycles. The van der Waals surface area contributed by atoms with Crippen LogP contribution in [0.25, 0.3) is 11.0 Å². The molecule has 0 bridgehead atoms. The zero-order valence-electron chi connectivity index (χ0n) is 16.4. The van der Waals surface area contributed by atoms with Crippen molar-refractivity contribution in [3.05, 3.63) is 64.4 Å². The number of ether oxygens (including phenoxy) is 1. The lowest BCUT2D eigenvalue weighted by Gasteiger charge is -2.23. The topological polar surface area (TPSA) is 86.1 Å². The van der Waals surface area contributed by atoms with Gasteiger partial charge in [-0.1, -0.05) is 0 Å². The highest BCUT2D eigenvalue weighted by Gasteiger charge is 2.29. The predicted octanol–water partition coefficient (Wildman–Crippen LogP) is 1.61. The Morgan fingerprint density at radius 2 is 2.07 bits per heavy atom. The first-order chi connectivity index (χ1) is 14.1. The summed E-state index contributed by atoms with van der Waals surface area (Å²) in [6.45, 7) is 4.41. The molecule has 1 fully saturated rings. The number of nitrogens with one attached hydrogen (secondary N) is 2. The molecule has 1 aliphatic heterocycles. The highest BCUT2D eigenvalue weighted by atomic mass is 16.5. The second kappa shape index (κ2) is 8.53. The molecule has 1 saturated heterocycles. The van der Waals surface area contributed by atoms with E-state index in [4.69, 9.17) is 13.6 Å². The van der Waals surface area contributed by atoms with Gasteiger partial charge in [0.15, 0.2) is 18.4 Å². The molecular weight excluding hydrogens is 372 g/mol. The van der Waals surface area contributed by atoms with Crippen LogP contribution in [0.3, 0.4) is 0 Å². The molecule has 2 aromatic heterocycles. The fourth-order valence-corrected chi connectivity index (χ4v) is 3.92. The Balaban J connectivity index is 1.36. The van der Waals surface area contributed by atoms with E-state index in [2.05, 4.69) is 5.32 Å². The van der Waals surface area contributed by atoms with Gasteiger partial charge in [0, 0.05) is 30.4 Å². The first-order valence-corrected chi connectivity index (χ1v) is 9.92. The summed E-state index contributed by atoms with van der Waals surface area (Å²) in [5, 5.41) is 3.80. The maximum Gasteiger partial charge on any atom is 0.336 e. The number of benzene rings is 1. The summed E-state index contributed by atoms with van der Waals surface area (Å²) in [5.74, 6) is 1.17. The van der Waals surface area contributed by atoms with Gasteiger partial charge in [-0.15, -0.1) is 0 Å². The van der Waals surface area contributed by atoms with Crippen LogP contribution in [0.1, 0.15) is 30.2 Å². The number of aryl methyl sites for hydroxylation is 1. The molecule has 3 heterocycles. The molecule has 1 amide bonds. The average Bonchev–Trinajstić information content (AvgIpc) is 3.41. The van der Waals surface area contributed by atoms with Gasteiger partial charge in [0.05, 0.1) is 25.9 Å². The number of carbonyl (C=O) groups is 1. The van der Waals surface area contributed by atoms with E-state index in [1.807, 2.05) is 25.1 Å². The Morgan fingerprint density at radius 1 is 1.24 bits per heavy atom. The average molecular weight is 397 g/mol. The van der Waals surface area contributed by atoms with Crippen molar-refractivity contribution in [2.24, 2.45) is 0 Å². The van der Waals surface area contributed by atoms with Crippen LogP contribution in [0.15, 0.2) is 56.3 Å². The Hall–Kier alpha value is -3.06. The molecule has 4 rings (SSSR count). The van der Waals surface area contributed by atoms with E-state index in [0.29, 0.717) is 17.9 Å². The van der Waals surface area contributed by atoms with Crippen LogP contribution >= 0.6 is 0 Å². The van der Waals surface area contributed by atoms with Crippen LogP contribution in [0.5, 0.6) is 5.75 Å². The first-order valence-electron chi connectivity index (χ1n) is 9.92. The summed E-state index contributed by atoms with van der Waals surface area (Å²) in [6, 6.07) is 10.6. The van der Waals surface area contributed by atoms with Crippen molar-refractivity contribution in [3.8, 4) is 5.75 Å². The zero-order valence-corrected chi connectivity index (χ0v) is 16.4. The molecule has 0 spiro atoms. The van der Waals surface area contributed by atoms with Crippen LogP contribution in [0.2, 0.25) is 0 Å². The molecule has 0 aliphatic carbocycles. The summed E-state index contributed by atoms with van der Waals surface area (Å²) in [7, 11) is 0. The molecule has 0 radical (unpaired) electrons. The number of quaternary nitrogens is 1. The molecule has 152 valence electrons. The fourth-order valence-electron chi connectivity index (χ4n) is 3.92. The number of hydrogen-bond acceptors (Lipinski definition) is 5. The number of rotatable bonds is 7. The molecule has 29 heavy (non-hydrogen) atoms. The Bertz CT molecular complexity index is 1040. The lowest BCUT2D eigenvalue weighted by atomic mass is 10.1. The second-order valence-corrected chi connectivity index (χ2v) is 7.43. The maximum atomic E-state index is 12.3. The maximum absolute atomic E-state index is 12.3. The molecule has 1 atom stereocenters. The number of hydrogen-bond donors (Lipinski definition) is 2. The van der Waals surface area contributed by atoms with E-state index in [9.17, 15) is 9.59 Å². The van der Waals surface area contributed by atoms with Gasteiger partial charge in [0.25, 0.3) is 5.91 Å². The van der Waals surface area contributed by atoms with Gasteiger partial charge in [0.1, 0.15) is 11.3 Å². The van der Waals surface area contributed by atoms with E-state index >= 15 is 0 Å². The summed E-state index contributed by atoms with van der Waals surface area (Å²) in [6.07, 6.45) is 4.06. The van der Waals surface area contributed by atoms with Crippen molar-refractivity contribution >= 4 is 16.9 Å². The van der Waals surface area contributed by atoms with Gasteiger partial charge < -0.3 is 23.8 Å². The van der Waals surface area contributed by atoms with Crippen molar-refractivity contribution in [3.63, 3.8) is 0 Å². The second-order valence-electron chi connectivity index (χ2n) is 7.43. The van der Waals surface area contributed by atoms with E-state index in [1.54, 1.807) is 18.4 Å². The highest BCUT2D eigenvalue weighted by molar-refractivity contribution is 5.81. The summed E-state index contributed by atoms with van der Waals surface area (Å²) in [5.41, 5.74) is 0.885. The van der Waals surface area contributed by atoms with E-state index in [1.165, 1.54) is 23.8 Å². The van der Waals surface area contributed by atoms with Gasteiger partial charge in [-0.05, 0) is 36.8 Å². The van der Waals surface area contributed by atoms with E-state index in [0.717, 1.165) is 29.8 Å². The third kappa shape index (κ3) is 4.51. The predicted molar refractivity (Wildman–Crippen MR) is 107 cm³/mol. The summed E-state index contributed by atoms with van der Waals surface area (Å²) >= 11 is 0. The Morgan fingerprint density at radius 3 is 2.83 bits per heavy atom. The Kier molecular flexibility index (Phi) is 5.67. The van der Waals surface area contributed by atoms with Crippen LogP contribution in [-0.2, 0) is 4.79 Å². The number of likely N-dealkylation sites (tertiary alicyclic amines) is 1. The van der Waals surface area contributed by atoms with Crippen LogP contribution in [0, 0.1) is 6.92 Å². The fraction of sp³-hybridized carbons (Fsp3) is 0.364. The molecule has 7 nitrogen and oxygen atoms in total. The van der Waals surface area contributed by atoms with Gasteiger partial charge in [-0.2, -0.15) is 0 Å². The van der Waals surface area contributed by atoms with Crippen molar-refractivity contribution in [2.75, 3.05) is 26.2 Å². The van der Waals surface area contributed by atoms with Gasteiger partial charge in [-0.3, -0.25) is 4.79 Å². The van der Waals surface area contributed by atoms with Crippen molar-refractivity contribution < 1.29 is 23.3 Å². The van der Waals surface area contributed by atoms with Crippen LogP contribution in [-0.4, -0.2) is 32.1 Å². The molecule has 0 saturated carbocycles. The Labute approximate surface area is 168 Å². The third-order valence-electron chi connectivity index (χ3n) is 5.42. The number of furan rings is 1. The highest BCUT2D eigenvalue weighted by Crippen LogP contribution is 2.22. The van der Waals surface area contributed by atoms with E-state index < -0.39 is 5.63 Å². The SMILES string of the molecule is Cc1cc(=O)oc2cc(OCC(=O)NC[C@@H](c3ccco3)[NH+]3CCCC3)ccc12. The normalized spacial score (nSPS) is 15.5. The van der Waals surface area contributed by atoms with Crippen LogP contribution in [0.4, 0.5) is 0 Å². The molecular formula is C22H25N2O5+. The quantitative estimate of drug-likeness (QED) is 0.592. The monoisotopic (exact) mass is 397 g/mol. The zero-order chi connectivity index (χ0) is 20.2. The van der Waals surface area contributed by atoms with Gasteiger partial charge in [-0.25, -0.2) is 4.79 Å². The van der Waals surface area contributed by atoms with Crippen LogP contribution < -0.4 is 20.6 Å². The third-order valence-corrected chi connectivity index (χ3v) is 5.42. The summed E-state index contributed by atoms with van der Waals surface area (Å²) < 4.78 is 16.4. The minimum Gasteiger partial charge on any atom is -0.484 e. The molecule has 3 aromatic rings. The molecule has 1 aliphatic rings. The van der Waals surface area contributed by atoms with E-state index in [-0.39, 0.29) is 18.6 Å². The number of fused-ring (bicyclic) bond motifs is 1. The molecule has 7 heteroatoms. The minimum absolute atomic E-state index is 0.106. The van der Waals surface area contributed by atoms with Gasteiger partial charge in [0.2, 0.25) is 0 Å². The standard InChI is InChI=1S/C22H24N2O5/c1-15-11-22(26)29-20-12-16(6-7-17(15)20)28-14-21(25)23-13-18(19-5-4-10-27-19)24-8-2-3-9-24/h4-7,10-12,18H,2-3,8-9,13-14H2,1H3,(H,23,25)/p+1/t18-/m0/s1. The largest absolute Gasteiger partial charge is 0.484 e. The smallest absolute Gasteiger partial charge is 0.336 e. The molecule has 0 unspecified atom stereocenters. The lowest BCUT2D eigenvalue weighted by molar-refractivity contribution is -0.919. The number of carbonyl (C=O) groups excluding carboxylic acids is 1. The van der Waals surface area contributed by atoms with Crippen molar-refractivity contribution in [1.82, 2.24) is 5.32 Å². The lowest BCUT2D eigenvalue weighted by Crippen LogP contribution is -3.11. The molecule has 2 N–H and O–H groups in total. The first kappa shape index (κ1) is 19.3. The van der Waals surface area contributed by atoms with Crippen molar-refractivity contribution in [2.45, 2.75) is 25.8 Å².